The maximum Gasteiger partial charge on any atom is 0.0172 e. The molecule has 1 aliphatic rings. The molecular weight excluding hydrogens is 228 g/mol. The Morgan fingerprint density at radius 3 is 2.76 bits per heavy atom. The lowest BCUT2D eigenvalue weighted by Gasteiger charge is -2.31. The molecule has 3 heteroatoms. The third-order valence-corrected chi connectivity index (χ3v) is 4.88. The number of unbranched alkanes of at least 4 members (excludes halogenated alkanes) is 3. The van der Waals surface area contributed by atoms with Crippen molar-refractivity contribution in [3.8, 4) is 0 Å². The lowest BCUT2D eigenvalue weighted by Crippen LogP contribution is -2.38. The molecule has 0 aliphatic carbocycles. The average molecular weight is 258 g/mol. The van der Waals surface area contributed by atoms with Crippen LogP contribution in [0.2, 0.25) is 0 Å². The molecule has 17 heavy (non-hydrogen) atoms. The Morgan fingerprint density at radius 1 is 1.18 bits per heavy atom. The minimum Gasteiger partial charge on any atom is -0.317 e. The Kier molecular flexibility index (Phi) is 9.21. The highest BCUT2D eigenvalue weighted by Crippen LogP contribution is 2.21. The molecule has 0 radical (unpaired) electrons. The summed E-state index contributed by atoms with van der Waals surface area (Å²) in [5.74, 6) is 1.35. The monoisotopic (exact) mass is 258 g/mol. The fourth-order valence-corrected chi connectivity index (χ4v) is 3.60. The van der Waals surface area contributed by atoms with Crippen molar-refractivity contribution in [2.24, 2.45) is 0 Å². The van der Waals surface area contributed by atoms with Crippen LogP contribution in [0.3, 0.4) is 0 Å². The summed E-state index contributed by atoms with van der Waals surface area (Å²) in [4.78, 5) is 2.68. The minimum atomic E-state index is 0.900. The number of hydrogen-bond donors (Lipinski definition) is 1. The summed E-state index contributed by atoms with van der Waals surface area (Å²) >= 11 is 2.17. The van der Waals surface area contributed by atoms with Crippen molar-refractivity contribution in [3.05, 3.63) is 0 Å². The zero-order valence-corrected chi connectivity index (χ0v) is 12.5. The Bertz CT molecular complexity index is 176. The Morgan fingerprint density at radius 2 is 2.00 bits per heavy atom. The van der Waals surface area contributed by atoms with Gasteiger partial charge in [0.05, 0.1) is 0 Å². The fourth-order valence-electron chi connectivity index (χ4n) is 2.35. The van der Waals surface area contributed by atoms with E-state index in [0.29, 0.717) is 0 Å². The number of thioether (sulfide) groups is 1. The van der Waals surface area contributed by atoms with Crippen LogP contribution in [0, 0.1) is 0 Å². The second-order valence-electron chi connectivity index (χ2n) is 4.97. The molecular formula is C14H30N2S. The maximum atomic E-state index is 3.39. The van der Waals surface area contributed by atoms with Crippen LogP contribution in [0.4, 0.5) is 0 Å². The molecule has 2 nitrogen and oxygen atoms in total. The van der Waals surface area contributed by atoms with Crippen LogP contribution in [-0.4, -0.2) is 48.6 Å². The topological polar surface area (TPSA) is 15.3 Å². The molecule has 1 fully saturated rings. The fraction of sp³-hybridized carbons (Fsp3) is 1.00. The zero-order chi connectivity index (χ0) is 12.3. The molecule has 0 bridgehead atoms. The van der Waals surface area contributed by atoms with E-state index in [4.69, 9.17) is 0 Å². The van der Waals surface area contributed by atoms with Crippen molar-refractivity contribution in [3.63, 3.8) is 0 Å². The van der Waals surface area contributed by atoms with Gasteiger partial charge in [0.25, 0.3) is 0 Å². The van der Waals surface area contributed by atoms with Gasteiger partial charge in [-0.1, -0.05) is 26.7 Å². The zero-order valence-electron chi connectivity index (χ0n) is 11.7. The van der Waals surface area contributed by atoms with Crippen LogP contribution >= 0.6 is 11.8 Å². The molecule has 0 saturated carbocycles. The van der Waals surface area contributed by atoms with Gasteiger partial charge >= 0.3 is 0 Å². The molecule has 0 aromatic heterocycles. The third-order valence-electron chi connectivity index (χ3n) is 3.51. The molecule has 0 aromatic rings. The normalized spacial score (nSPS) is 21.9. The summed E-state index contributed by atoms with van der Waals surface area (Å²) < 4.78 is 0. The maximum absolute atomic E-state index is 3.39. The molecule has 1 saturated heterocycles. The molecule has 1 rings (SSSR count). The van der Waals surface area contributed by atoms with Crippen molar-refractivity contribution in [1.82, 2.24) is 10.2 Å². The molecule has 1 N–H and O–H groups in total. The molecule has 1 aliphatic heterocycles. The summed E-state index contributed by atoms with van der Waals surface area (Å²) in [5.41, 5.74) is 0. The smallest absolute Gasteiger partial charge is 0.0172 e. The van der Waals surface area contributed by atoms with Crippen LogP contribution < -0.4 is 5.32 Å². The first-order valence-corrected chi connectivity index (χ1v) is 8.46. The van der Waals surface area contributed by atoms with Crippen LogP contribution in [0.5, 0.6) is 0 Å². The van der Waals surface area contributed by atoms with Crippen LogP contribution in [0.1, 0.15) is 46.0 Å². The van der Waals surface area contributed by atoms with Crippen LogP contribution in [0.25, 0.3) is 0 Å². The van der Waals surface area contributed by atoms with Crippen LogP contribution in [-0.2, 0) is 0 Å². The molecule has 0 amide bonds. The van der Waals surface area contributed by atoms with E-state index in [9.17, 15) is 0 Å². The van der Waals surface area contributed by atoms with Crippen molar-refractivity contribution < 1.29 is 0 Å². The highest BCUT2D eigenvalue weighted by Gasteiger charge is 2.17. The third kappa shape index (κ3) is 7.32. The van der Waals surface area contributed by atoms with E-state index in [-0.39, 0.29) is 0 Å². The summed E-state index contributed by atoms with van der Waals surface area (Å²) in [6, 6.07) is 0. The molecule has 102 valence electrons. The highest BCUT2D eigenvalue weighted by molar-refractivity contribution is 8.00. The summed E-state index contributed by atoms with van der Waals surface area (Å²) in [5, 5.41) is 4.29. The first-order chi connectivity index (χ1) is 8.36. The lowest BCUT2D eigenvalue weighted by atomic mass is 10.2. The second-order valence-corrected chi connectivity index (χ2v) is 6.38. The second kappa shape index (κ2) is 10.2. The summed E-state index contributed by atoms with van der Waals surface area (Å²) in [7, 11) is 0. The first-order valence-electron chi connectivity index (χ1n) is 7.41. The average Bonchev–Trinajstić information content (AvgIpc) is 2.38. The van der Waals surface area contributed by atoms with E-state index >= 15 is 0 Å². The lowest BCUT2D eigenvalue weighted by molar-refractivity contribution is 0.274. The van der Waals surface area contributed by atoms with Gasteiger partial charge in [0.1, 0.15) is 0 Å². The number of nitrogens with zero attached hydrogens (tertiary/aromatic N) is 1. The Balaban J connectivity index is 1.91. The summed E-state index contributed by atoms with van der Waals surface area (Å²) in [6.07, 6.45) is 6.89. The van der Waals surface area contributed by atoms with E-state index in [1.807, 2.05) is 0 Å². The molecule has 1 atom stereocenters. The Labute approximate surface area is 112 Å². The van der Waals surface area contributed by atoms with E-state index in [1.54, 1.807) is 0 Å². The van der Waals surface area contributed by atoms with Crippen molar-refractivity contribution in [2.75, 3.05) is 38.5 Å². The van der Waals surface area contributed by atoms with Gasteiger partial charge in [-0.05, 0) is 38.9 Å². The van der Waals surface area contributed by atoms with E-state index in [1.165, 1.54) is 64.0 Å². The predicted molar refractivity (Wildman–Crippen MR) is 80.0 cm³/mol. The predicted octanol–water partition coefficient (Wildman–Crippen LogP) is 2.98. The Hall–Kier alpha value is 0.270. The minimum absolute atomic E-state index is 0.900. The molecule has 0 aromatic carbocycles. The highest BCUT2D eigenvalue weighted by atomic mass is 32.2. The van der Waals surface area contributed by atoms with Crippen molar-refractivity contribution in [2.45, 2.75) is 51.2 Å². The van der Waals surface area contributed by atoms with Gasteiger partial charge in [-0.25, -0.2) is 0 Å². The summed E-state index contributed by atoms with van der Waals surface area (Å²) in [6.45, 7) is 10.8. The van der Waals surface area contributed by atoms with Gasteiger partial charge < -0.3 is 10.2 Å². The number of rotatable bonds is 9. The van der Waals surface area contributed by atoms with E-state index in [2.05, 4.69) is 35.8 Å². The van der Waals surface area contributed by atoms with Gasteiger partial charge in [-0.3, -0.25) is 0 Å². The molecule has 0 spiro atoms. The standard InChI is InChI=1S/C14H30N2S/c1-3-14-13-16(11-12-17-14)10-8-6-5-7-9-15-4-2/h14-15H,3-13H2,1-2H3. The number of hydrogen-bond acceptors (Lipinski definition) is 3. The van der Waals surface area contributed by atoms with Crippen molar-refractivity contribution >= 4 is 11.8 Å². The van der Waals surface area contributed by atoms with Gasteiger partial charge in [0.2, 0.25) is 0 Å². The quantitative estimate of drug-likeness (QED) is 0.640. The van der Waals surface area contributed by atoms with E-state index < -0.39 is 0 Å². The van der Waals surface area contributed by atoms with E-state index in [0.717, 1.165) is 11.8 Å². The largest absolute Gasteiger partial charge is 0.317 e. The van der Waals surface area contributed by atoms with Crippen molar-refractivity contribution in [1.29, 1.82) is 0 Å². The van der Waals surface area contributed by atoms with Crippen LogP contribution in [0.15, 0.2) is 0 Å². The molecule has 1 unspecified atom stereocenters. The number of nitrogens with one attached hydrogen (secondary N) is 1. The van der Waals surface area contributed by atoms with Gasteiger partial charge in [0, 0.05) is 24.1 Å². The van der Waals surface area contributed by atoms with Gasteiger partial charge in [-0.15, -0.1) is 0 Å². The SMILES string of the molecule is CCNCCCCCCN1CCSC(CC)C1. The van der Waals surface area contributed by atoms with Gasteiger partial charge in [0.15, 0.2) is 0 Å². The van der Waals surface area contributed by atoms with Gasteiger partial charge in [-0.2, -0.15) is 11.8 Å². The first kappa shape index (κ1) is 15.3. The molecule has 1 heterocycles.